The SMILES string of the molecule is CC[C@H](O)CC(=O)C(C(=O)O)c1nc(-c2ccc(F)cc2)c(N(C)S(C)(=O)=O)c(C(C)C)n1. The quantitative estimate of drug-likeness (QED) is 0.494. The topological polar surface area (TPSA) is 138 Å². The van der Waals surface area contributed by atoms with E-state index in [4.69, 9.17) is 0 Å². The van der Waals surface area contributed by atoms with Crippen LogP contribution in [0.5, 0.6) is 0 Å². The number of sulfonamides is 1. The molecule has 33 heavy (non-hydrogen) atoms. The first kappa shape index (κ1) is 26.3. The molecule has 2 aromatic rings. The number of aliphatic hydroxyl groups is 1. The Labute approximate surface area is 192 Å². The summed E-state index contributed by atoms with van der Waals surface area (Å²) in [5.41, 5.74) is 0.680. The molecule has 1 heterocycles. The van der Waals surface area contributed by atoms with Crippen LogP contribution < -0.4 is 4.31 Å². The summed E-state index contributed by atoms with van der Waals surface area (Å²) in [5.74, 6) is -5.27. The molecule has 0 spiro atoms. The second kappa shape index (κ2) is 10.3. The normalized spacial score (nSPS) is 13.6. The third-order valence-corrected chi connectivity index (χ3v) is 6.32. The molecule has 0 radical (unpaired) electrons. The van der Waals surface area contributed by atoms with E-state index >= 15 is 0 Å². The van der Waals surface area contributed by atoms with E-state index in [9.17, 15) is 32.6 Å². The van der Waals surface area contributed by atoms with Crippen molar-refractivity contribution < 1.29 is 32.6 Å². The van der Waals surface area contributed by atoms with Crippen LogP contribution in [-0.4, -0.2) is 59.8 Å². The van der Waals surface area contributed by atoms with Crippen LogP contribution in [0.1, 0.15) is 57.0 Å². The van der Waals surface area contributed by atoms with Gasteiger partial charge in [0.05, 0.1) is 29.4 Å². The predicted molar refractivity (Wildman–Crippen MR) is 121 cm³/mol. The van der Waals surface area contributed by atoms with E-state index in [1.165, 1.54) is 19.2 Å². The number of carboxylic acid groups (broad SMARTS) is 1. The maximum absolute atomic E-state index is 13.5. The van der Waals surface area contributed by atoms with E-state index in [1.807, 2.05) is 0 Å². The van der Waals surface area contributed by atoms with E-state index in [2.05, 4.69) is 9.97 Å². The van der Waals surface area contributed by atoms with Crippen LogP contribution in [0.25, 0.3) is 11.3 Å². The number of halogens is 1. The number of aliphatic hydroxyl groups excluding tert-OH is 1. The third kappa shape index (κ3) is 6.11. The summed E-state index contributed by atoms with van der Waals surface area (Å²) in [6.45, 7) is 5.13. The number of hydrogen-bond acceptors (Lipinski definition) is 7. The van der Waals surface area contributed by atoms with Gasteiger partial charge in [-0.1, -0.05) is 20.8 Å². The fraction of sp³-hybridized carbons (Fsp3) is 0.455. The lowest BCUT2D eigenvalue weighted by Crippen LogP contribution is -2.30. The maximum atomic E-state index is 13.5. The zero-order chi connectivity index (χ0) is 25.1. The fourth-order valence-electron chi connectivity index (χ4n) is 3.19. The van der Waals surface area contributed by atoms with Gasteiger partial charge in [-0.25, -0.2) is 22.8 Å². The molecule has 0 fully saturated rings. The first-order valence-electron chi connectivity index (χ1n) is 10.3. The van der Waals surface area contributed by atoms with Crippen LogP contribution in [0.3, 0.4) is 0 Å². The Morgan fingerprint density at radius 3 is 2.18 bits per heavy atom. The first-order valence-corrected chi connectivity index (χ1v) is 12.2. The third-order valence-electron chi connectivity index (χ3n) is 5.14. The molecular formula is C22H28FN3O6S. The minimum atomic E-state index is -3.77. The van der Waals surface area contributed by atoms with Crippen molar-refractivity contribution in [2.24, 2.45) is 0 Å². The first-order chi connectivity index (χ1) is 15.3. The van der Waals surface area contributed by atoms with Crippen molar-refractivity contribution >= 4 is 27.5 Å². The highest BCUT2D eigenvalue weighted by atomic mass is 32.2. The number of nitrogens with zero attached hydrogens (tertiary/aromatic N) is 3. The van der Waals surface area contributed by atoms with Gasteiger partial charge in [0.1, 0.15) is 5.82 Å². The lowest BCUT2D eigenvalue weighted by Gasteiger charge is -2.25. The van der Waals surface area contributed by atoms with E-state index in [1.54, 1.807) is 20.8 Å². The van der Waals surface area contributed by atoms with Crippen LogP contribution in [0, 0.1) is 5.82 Å². The lowest BCUT2D eigenvalue weighted by molar-refractivity contribution is -0.143. The van der Waals surface area contributed by atoms with Crippen LogP contribution >= 0.6 is 0 Å². The summed E-state index contributed by atoms with van der Waals surface area (Å²) in [6.07, 6.45) is -0.161. The average Bonchev–Trinajstić information content (AvgIpc) is 2.72. The van der Waals surface area contributed by atoms with Crippen molar-refractivity contribution in [3.05, 3.63) is 41.6 Å². The Hall–Kier alpha value is -2.92. The van der Waals surface area contributed by atoms with Crippen LogP contribution in [-0.2, 0) is 19.6 Å². The molecule has 0 saturated heterocycles. The summed E-state index contributed by atoms with van der Waals surface area (Å²) < 4.78 is 39.3. The molecule has 1 aromatic carbocycles. The number of rotatable bonds is 10. The highest BCUT2D eigenvalue weighted by molar-refractivity contribution is 7.92. The number of carbonyl (C=O) groups excluding carboxylic acids is 1. The molecule has 0 aliphatic rings. The van der Waals surface area contributed by atoms with Crippen molar-refractivity contribution in [1.82, 2.24) is 9.97 Å². The molecule has 0 bridgehead atoms. The van der Waals surface area contributed by atoms with Crippen molar-refractivity contribution in [3.8, 4) is 11.3 Å². The van der Waals surface area contributed by atoms with E-state index in [0.717, 1.165) is 22.7 Å². The van der Waals surface area contributed by atoms with Gasteiger partial charge < -0.3 is 10.2 Å². The van der Waals surface area contributed by atoms with Gasteiger partial charge in [0, 0.05) is 19.0 Å². The molecule has 9 nitrogen and oxygen atoms in total. The minimum absolute atomic E-state index is 0.0479. The van der Waals surface area contributed by atoms with Gasteiger partial charge in [-0.15, -0.1) is 0 Å². The summed E-state index contributed by atoms with van der Waals surface area (Å²) >= 11 is 0. The number of anilines is 1. The zero-order valence-electron chi connectivity index (χ0n) is 19.1. The summed E-state index contributed by atoms with van der Waals surface area (Å²) in [6, 6.07) is 5.08. The molecule has 0 saturated carbocycles. The van der Waals surface area contributed by atoms with Gasteiger partial charge in [-0.3, -0.25) is 13.9 Å². The second-order valence-electron chi connectivity index (χ2n) is 8.06. The highest BCUT2D eigenvalue weighted by Gasteiger charge is 2.35. The number of carboxylic acids is 1. The Kier molecular flexibility index (Phi) is 8.25. The molecule has 2 rings (SSSR count). The number of benzene rings is 1. The lowest BCUT2D eigenvalue weighted by atomic mass is 9.96. The van der Waals surface area contributed by atoms with Gasteiger partial charge in [-0.2, -0.15) is 0 Å². The van der Waals surface area contributed by atoms with Gasteiger partial charge in [0.15, 0.2) is 17.5 Å². The smallest absolute Gasteiger partial charge is 0.321 e. The molecule has 180 valence electrons. The predicted octanol–water partition coefficient (Wildman–Crippen LogP) is 2.70. The molecule has 2 N–H and O–H groups in total. The number of aromatic nitrogens is 2. The molecule has 0 amide bonds. The Morgan fingerprint density at radius 1 is 1.15 bits per heavy atom. The van der Waals surface area contributed by atoms with Crippen LogP contribution in [0.4, 0.5) is 10.1 Å². The van der Waals surface area contributed by atoms with Gasteiger partial charge in [-0.05, 0) is 36.6 Å². The van der Waals surface area contributed by atoms with Crippen LogP contribution in [0.15, 0.2) is 24.3 Å². The number of ketones is 1. The number of aliphatic carboxylic acids is 1. The van der Waals surface area contributed by atoms with Gasteiger partial charge >= 0.3 is 5.97 Å². The number of carbonyl (C=O) groups is 2. The fourth-order valence-corrected chi connectivity index (χ4v) is 3.71. The van der Waals surface area contributed by atoms with Crippen molar-refractivity contribution in [3.63, 3.8) is 0 Å². The number of hydrogen-bond donors (Lipinski definition) is 2. The van der Waals surface area contributed by atoms with Gasteiger partial charge in [0.25, 0.3) is 0 Å². The molecule has 11 heteroatoms. The van der Waals surface area contributed by atoms with E-state index < -0.39 is 46.0 Å². The van der Waals surface area contributed by atoms with Crippen molar-refractivity contribution in [2.75, 3.05) is 17.6 Å². The maximum Gasteiger partial charge on any atom is 0.321 e. The summed E-state index contributed by atoms with van der Waals surface area (Å²) in [7, 11) is -2.46. The second-order valence-corrected chi connectivity index (χ2v) is 10.1. The average molecular weight is 482 g/mol. The zero-order valence-corrected chi connectivity index (χ0v) is 19.9. The van der Waals surface area contributed by atoms with E-state index in [-0.39, 0.29) is 35.2 Å². The van der Waals surface area contributed by atoms with Crippen LogP contribution in [0.2, 0.25) is 0 Å². The molecule has 2 atom stereocenters. The highest BCUT2D eigenvalue weighted by Crippen LogP contribution is 2.37. The molecule has 1 unspecified atom stereocenters. The molecular weight excluding hydrogens is 453 g/mol. The Balaban J connectivity index is 2.87. The Morgan fingerprint density at radius 2 is 1.73 bits per heavy atom. The number of Topliss-reactive ketones (excluding diaryl/α,β-unsaturated/α-hetero) is 1. The summed E-state index contributed by atoms with van der Waals surface area (Å²) in [4.78, 5) is 33.4. The molecule has 1 aromatic heterocycles. The van der Waals surface area contributed by atoms with Gasteiger partial charge in [0.2, 0.25) is 10.0 Å². The largest absolute Gasteiger partial charge is 0.480 e. The Bertz CT molecular complexity index is 1140. The van der Waals surface area contributed by atoms with Crippen molar-refractivity contribution in [2.45, 2.75) is 51.6 Å². The summed E-state index contributed by atoms with van der Waals surface area (Å²) in [5, 5.41) is 19.6. The molecule has 0 aliphatic heterocycles. The standard InChI is InChI=1S/C22H28FN3O6S/c1-6-15(27)11-16(28)17(22(29)30)21-24-18(12(2)3)20(26(4)33(5,31)32)19(25-21)13-7-9-14(23)10-8-13/h7-10,12,15,17,27H,6,11H2,1-5H3,(H,29,30)/t15-,17?/m0/s1. The molecule has 0 aliphatic carbocycles. The monoisotopic (exact) mass is 481 g/mol. The minimum Gasteiger partial charge on any atom is -0.480 e. The van der Waals surface area contributed by atoms with Crippen molar-refractivity contribution in [1.29, 1.82) is 0 Å². The van der Waals surface area contributed by atoms with E-state index in [0.29, 0.717) is 5.56 Å².